The number of urea groups is 1. The van der Waals surface area contributed by atoms with Gasteiger partial charge in [0.15, 0.2) is 0 Å². The van der Waals surface area contributed by atoms with Crippen LogP contribution >= 0.6 is 0 Å². The third-order valence-electron chi connectivity index (χ3n) is 3.35. The van der Waals surface area contributed by atoms with Gasteiger partial charge in [0.25, 0.3) is 0 Å². The van der Waals surface area contributed by atoms with Gasteiger partial charge >= 0.3 is 6.03 Å². The first kappa shape index (κ1) is 12.7. The minimum atomic E-state index is 0.0230. The van der Waals surface area contributed by atoms with Crippen molar-refractivity contribution in [2.24, 2.45) is 0 Å². The summed E-state index contributed by atoms with van der Waals surface area (Å²) >= 11 is 0. The summed E-state index contributed by atoms with van der Waals surface area (Å²) in [6.07, 6.45) is 7.83. The van der Waals surface area contributed by atoms with Crippen molar-refractivity contribution in [3.05, 3.63) is 18.5 Å². The molecule has 0 radical (unpaired) electrons. The second-order valence-corrected chi connectivity index (χ2v) is 4.68. The highest BCUT2D eigenvalue weighted by Gasteiger charge is 2.21. The predicted molar refractivity (Wildman–Crippen MR) is 72.5 cm³/mol. The van der Waals surface area contributed by atoms with E-state index in [2.05, 4.69) is 4.98 Å². The smallest absolute Gasteiger partial charge is 0.324 e. The van der Waals surface area contributed by atoms with E-state index in [1.807, 2.05) is 4.90 Å². The largest absolute Gasteiger partial charge is 0.396 e. The molecule has 1 aromatic rings. The number of pyridine rings is 1. The highest BCUT2D eigenvalue weighted by atomic mass is 16.2. The lowest BCUT2D eigenvalue weighted by atomic mass is 10.2. The number of nitrogens with zero attached hydrogens (tertiary/aromatic N) is 3. The van der Waals surface area contributed by atoms with Gasteiger partial charge in [-0.15, -0.1) is 0 Å². The van der Waals surface area contributed by atoms with Crippen molar-refractivity contribution in [1.82, 2.24) is 9.88 Å². The molecule has 0 bridgehead atoms. The second-order valence-electron chi connectivity index (χ2n) is 4.68. The Balaban J connectivity index is 2.10. The summed E-state index contributed by atoms with van der Waals surface area (Å²) in [6.45, 7) is 1.68. The molecule has 0 saturated carbocycles. The van der Waals surface area contributed by atoms with Crippen LogP contribution in [-0.2, 0) is 0 Å². The lowest BCUT2D eigenvalue weighted by Gasteiger charge is -2.27. The van der Waals surface area contributed by atoms with Gasteiger partial charge < -0.3 is 10.6 Å². The van der Waals surface area contributed by atoms with Crippen molar-refractivity contribution in [1.29, 1.82) is 0 Å². The summed E-state index contributed by atoms with van der Waals surface area (Å²) in [5, 5.41) is 0. The zero-order valence-corrected chi connectivity index (χ0v) is 10.8. The van der Waals surface area contributed by atoms with E-state index >= 15 is 0 Å². The summed E-state index contributed by atoms with van der Waals surface area (Å²) in [4.78, 5) is 19.8. The molecule has 0 spiro atoms. The van der Waals surface area contributed by atoms with Gasteiger partial charge in [0.2, 0.25) is 0 Å². The number of hydrogen-bond donors (Lipinski definition) is 1. The van der Waals surface area contributed by atoms with Crippen LogP contribution in [-0.4, -0.2) is 36.1 Å². The fourth-order valence-electron chi connectivity index (χ4n) is 2.28. The van der Waals surface area contributed by atoms with Crippen LogP contribution < -0.4 is 10.6 Å². The molecule has 2 N–H and O–H groups in total. The zero-order chi connectivity index (χ0) is 13.0. The molecule has 0 atom stereocenters. The molecule has 98 valence electrons. The Hall–Kier alpha value is -1.78. The molecule has 2 heterocycles. The molecular formula is C13H20N4O. The quantitative estimate of drug-likeness (QED) is 0.827. The topological polar surface area (TPSA) is 62.5 Å². The first-order valence-corrected chi connectivity index (χ1v) is 6.42. The highest BCUT2D eigenvalue weighted by Crippen LogP contribution is 2.22. The maximum absolute atomic E-state index is 12.4. The van der Waals surface area contributed by atoms with Crippen molar-refractivity contribution in [2.45, 2.75) is 25.7 Å². The molecule has 18 heavy (non-hydrogen) atoms. The average Bonchev–Trinajstić information content (AvgIpc) is 2.66. The Morgan fingerprint density at radius 1 is 1.33 bits per heavy atom. The molecule has 2 amide bonds. The van der Waals surface area contributed by atoms with E-state index in [1.165, 1.54) is 12.8 Å². The van der Waals surface area contributed by atoms with Gasteiger partial charge in [0.1, 0.15) is 0 Å². The van der Waals surface area contributed by atoms with Crippen molar-refractivity contribution < 1.29 is 4.79 Å². The van der Waals surface area contributed by atoms with Crippen molar-refractivity contribution in [2.75, 3.05) is 30.8 Å². The van der Waals surface area contributed by atoms with E-state index in [9.17, 15) is 4.79 Å². The Morgan fingerprint density at radius 2 is 2.00 bits per heavy atom. The lowest BCUT2D eigenvalue weighted by Crippen LogP contribution is -2.42. The number of amides is 2. The molecule has 1 saturated heterocycles. The number of rotatable bonds is 1. The van der Waals surface area contributed by atoms with Crippen LogP contribution in [0.5, 0.6) is 0 Å². The Kier molecular flexibility index (Phi) is 4.02. The third-order valence-corrected chi connectivity index (χ3v) is 3.35. The number of carbonyl (C=O) groups is 1. The lowest BCUT2D eigenvalue weighted by molar-refractivity contribution is 0.208. The van der Waals surface area contributed by atoms with Crippen molar-refractivity contribution in [3.63, 3.8) is 0 Å². The number of nitrogen functional groups attached to an aromatic ring is 1. The van der Waals surface area contributed by atoms with E-state index in [1.54, 1.807) is 30.4 Å². The maximum atomic E-state index is 12.4. The van der Waals surface area contributed by atoms with Crippen molar-refractivity contribution in [3.8, 4) is 0 Å². The third kappa shape index (κ3) is 2.72. The van der Waals surface area contributed by atoms with Crippen molar-refractivity contribution >= 4 is 17.4 Å². The second kappa shape index (κ2) is 5.71. The fraction of sp³-hybridized carbons (Fsp3) is 0.538. The molecule has 1 aliphatic rings. The number of aromatic nitrogens is 1. The number of anilines is 2. The number of hydrogen-bond acceptors (Lipinski definition) is 3. The molecular weight excluding hydrogens is 228 g/mol. The van der Waals surface area contributed by atoms with E-state index in [0.29, 0.717) is 5.69 Å². The molecule has 0 aliphatic carbocycles. The van der Waals surface area contributed by atoms with Crippen LogP contribution in [0.15, 0.2) is 18.5 Å². The van der Waals surface area contributed by atoms with Gasteiger partial charge in [-0.05, 0) is 18.9 Å². The Labute approximate surface area is 108 Å². The van der Waals surface area contributed by atoms with Gasteiger partial charge in [-0.3, -0.25) is 9.88 Å². The summed E-state index contributed by atoms with van der Waals surface area (Å²) in [5.41, 5.74) is 7.10. The van der Waals surface area contributed by atoms with Crippen LogP contribution in [0.2, 0.25) is 0 Å². The van der Waals surface area contributed by atoms with Crippen LogP contribution in [0, 0.1) is 0 Å². The van der Waals surface area contributed by atoms with E-state index in [4.69, 9.17) is 5.73 Å². The molecule has 0 aromatic carbocycles. The number of likely N-dealkylation sites (tertiary alicyclic amines) is 1. The van der Waals surface area contributed by atoms with Gasteiger partial charge in [-0.2, -0.15) is 0 Å². The standard InChI is InChI=1S/C13H20N4O/c1-16(12-6-7-15-10-11(12)14)13(18)17-8-4-2-3-5-9-17/h6-7,10H,2-5,8-9,14H2,1H3. The normalized spacial score (nSPS) is 16.2. The first-order valence-electron chi connectivity index (χ1n) is 6.42. The van der Waals surface area contributed by atoms with Gasteiger partial charge in [0, 0.05) is 26.3 Å². The van der Waals surface area contributed by atoms with Gasteiger partial charge in [0.05, 0.1) is 17.6 Å². The molecule has 5 heteroatoms. The highest BCUT2D eigenvalue weighted by molar-refractivity contribution is 5.94. The van der Waals surface area contributed by atoms with E-state index < -0.39 is 0 Å². The fourth-order valence-corrected chi connectivity index (χ4v) is 2.28. The molecule has 2 rings (SSSR count). The maximum Gasteiger partial charge on any atom is 0.324 e. The minimum absolute atomic E-state index is 0.0230. The Bertz CT molecular complexity index is 413. The zero-order valence-electron chi connectivity index (χ0n) is 10.8. The molecule has 1 fully saturated rings. The predicted octanol–water partition coefficient (Wildman–Crippen LogP) is 2.10. The summed E-state index contributed by atoms with van der Waals surface area (Å²) in [7, 11) is 1.76. The number of carbonyl (C=O) groups excluding carboxylic acids is 1. The molecule has 5 nitrogen and oxygen atoms in total. The molecule has 0 unspecified atom stereocenters. The number of nitrogens with two attached hydrogens (primary N) is 1. The SMILES string of the molecule is CN(C(=O)N1CCCCCC1)c1ccncc1N. The molecule has 1 aromatic heterocycles. The molecule has 1 aliphatic heterocycles. The average molecular weight is 248 g/mol. The summed E-state index contributed by atoms with van der Waals surface area (Å²) in [6, 6.07) is 1.79. The summed E-state index contributed by atoms with van der Waals surface area (Å²) in [5.74, 6) is 0. The van der Waals surface area contributed by atoms with E-state index in [-0.39, 0.29) is 6.03 Å². The first-order chi connectivity index (χ1) is 8.70. The Morgan fingerprint density at radius 3 is 2.61 bits per heavy atom. The van der Waals surface area contributed by atoms with E-state index in [0.717, 1.165) is 31.6 Å². The van der Waals surface area contributed by atoms with Gasteiger partial charge in [-0.25, -0.2) is 4.79 Å². The monoisotopic (exact) mass is 248 g/mol. The van der Waals surface area contributed by atoms with Crippen LogP contribution in [0.3, 0.4) is 0 Å². The van der Waals surface area contributed by atoms with Crippen LogP contribution in [0.25, 0.3) is 0 Å². The summed E-state index contributed by atoms with van der Waals surface area (Å²) < 4.78 is 0. The van der Waals surface area contributed by atoms with Crippen LogP contribution in [0.1, 0.15) is 25.7 Å². The van der Waals surface area contributed by atoms with Crippen LogP contribution in [0.4, 0.5) is 16.2 Å². The van der Waals surface area contributed by atoms with Gasteiger partial charge in [-0.1, -0.05) is 12.8 Å². The minimum Gasteiger partial charge on any atom is -0.396 e.